The van der Waals surface area contributed by atoms with Crippen LogP contribution < -0.4 is 10.0 Å². The number of nitrogens with zero attached hydrogens (tertiary/aromatic N) is 1. The lowest BCUT2D eigenvalue weighted by atomic mass is 10.4. The lowest BCUT2D eigenvalue weighted by Gasteiger charge is -2.08. The Bertz CT molecular complexity index is 426. The lowest BCUT2D eigenvalue weighted by Crippen LogP contribution is -2.26. The van der Waals surface area contributed by atoms with Crippen LogP contribution >= 0.6 is 0 Å². The molecule has 0 saturated carbocycles. The number of rotatable bonds is 8. The van der Waals surface area contributed by atoms with Gasteiger partial charge >= 0.3 is 0 Å². The molecule has 98 valence electrons. The second kappa shape index (κ2) is 6.78. The number of nitrogens with one attached hydrogen (secondary N) is 2. The number of aryl methyl sites for hydroxylation is 1. The van der Waals surface area contributed by atoms with Crippen molar-refractivity contribution in [1.29, 1.82) is 0 Å². The van der Waals surface area contributed by atoms with Crippen LogP contribution in [0.5, 0.6) is 0 Å². The molecule has 2 N–H and O–H groups in total. The Morgan fingerprint density at radius 1 is 1.35 bits per heavy atom. The fourth-order valence-corrected chi connectivity index (χ4v) is 2.12. The van der Waals surface area contributed by atoms with Gasteiger partial charge in [0.2, 0.25) is 10.0 Å². The molecule has 0 radical (unpaired) electrons. The molecular weight excluding hydrogens is 238 g/mol. The molecule has 1 aromatic heterocycles. The first-order valence-corrected chi connectivity index (χ1v) is 7.71. The van der Waals surface area contributed by atoms with Crippen molar-refractivity contribution in [1.82, 2.24) is 14.6 Å². The summed E-state index contributed by atoms with van der Waals surface area (Å²) < 4.78 is 26.2. The van der Waals surface area contributed by atoms with Gasteiger partial charge in [-0.1, -0.05) is 0 Å². The molecule has 0 aliphatic heterocycles. The minimum absolute atomic E-state index is 0.487. The maximum Gasteiger partial charge on any atom is 0.208 e. The van der Waals surface area contributed by atoms with Crippen molar-refractivity contribution in [2.24, 2.45) is 0 Å². The maximum absolute atomic E-state index is 10.8. The fourth-order valence-electron chi connectivity index (χ4n) is 1.61. The Morgan fingerprint density at radius 3 is 2.76 bits per heavy atom. The number of hydrogen-bond acceptors (Lipinski definition) is 3. The molecule has 0 spiro atoms. The largest absolute Gasteiger partial charge is 0.351 e. The molecule has 0 aliphatic carbocycles. The molecule has 1 aromatic rings. The minimum Gasteiger partial charge on any atom is -0.351 e. The van der Waals surface area contributed by atoms with E-state index in [0.29, 0.717) is 6.54 Å². The van der Waals surface area contributed by atoms with Gasteiger partial charge in [0.15, 0.2) is 0 Å². The molecule has 0 fully saturated rings. The Balaban J connectivity index is 2.13. The molecule has 0 atom stereocenters. The summed E-state index contributed by atoms with van der Waals surface area (Å²) in [5, 5.41) is 3.29. The van der Waals surface area contributed by atoms with Gasteiger partial charge in [-0.2, -0.15) is 0 Å². The van der Waals surface area contributed by atoms with Gasteiger partial charge in [-0.3, -0.25) is 0 Å². The first kappa shape index (κ1) is 14.2. The summed E-state index contributed by atoms with van der Waals surface area (Å²) in [4.78, 5) is 0. The van der Waals surface area contributed by atoms with Gasteiger partial charge in [0.1, 0.15) is 0 Å². The van der Waals surface area contributed by atoms with Gasteiger partial charge in [0, 0.05) is 31.5 Å². The number of aromatic nitrogens is 1. The van der Waals surface area contributed by atoms with Gasteiger partial charge in [-0.15, -0.1) is 0 Å². The van der Waals surface area contributed by atoms with E-state index >= 15 is 0 Å². The highest BCUT2D eigenvalue weighted by molar-refractivity contribution is 7.88. The molecule has 6 heteroatoms. The van der Waals surface area contributed by atoms with Crippen LogP contribution in [0.3, 0.4) is 0 Å². The molecule has 0 amide bonds. The fraction of sp³-hybridized carbons (Fsp3) is 0.636. The summed E-state index contributed by atoms with van der Waals surface area (Å²) in [6.45, 7) is 5.19. The predicted molar refractivity (Wildman–Crippen MR) is 69.3 cm³/mol. The van der Waals surface area contributed by atoms with Gasteiger partial charge < -0.3 is 9.88 Å². The highest BCUT2D eigenvalue weighted by Crippen LogP contribution is 2.01. The van der Waals surface area contributed by atoms with Crippen molar-refractivity contribution in [3.05, 3.63) is 24.0 Å². The van der Waals surface area contributed by atoms with E-state index in [1.807, 2.05) is 6.07 Å². The smallest absolute Gasteiger partial charge is 0.208 e. The van der Waals surface area contributed by atoms with E-state index < -0.39 is 10.0 Å². The molecule has 0 saturated heterocycles. The number of hydrogen-bond donors (Lipinski definition) is 2. The van der Waals surface area contributed by atoms with Crippen LogP contribution in [0.1, 0.15) is 19.0 Å². The van der Waals surface area contributed by atoms with E-state index in [-0.39, 0.29) is 0 Å². The summed E-state index contributed by atoms with van der Waals surface area (Å²) in [6.07, 6.45) is 4.02. The minimum atomic E-state index is -3.05. The van der Waals surface area contributed by atoms with Crippen molar-refractivity contribution in [2.45, 2.75) is 26.4 Å². The zero-order valence-corrected chi connectivity index (χ0v) is 11.3. The van der Waals surface area contributed by atoms with E-state index in [1.165, 1.54) is 11.9 Å². The molecule has 0 aromatic carbocycles. The zero-order chi connectivity index (χ0) is 12.7. The van der Waals surface area contributed by atoms with Gasteiger partial charge in [0.25, 0.3) is 0 Å². The Kier molecular flexibility index (Phi) is 5.67. The van der Waals surface area contributed by atoms with Crippen LogP contribution in [-0.4, -0.2) is 32.3 Å². The highest BCUT2D eigenvalue weighted by Gasteiger charge is 2.00. The topological polar surface area (TPSA) is 63.1 Å². The first-order chi connectivity index (χ1) is 8.03. The van der Waals surface area contributed by atoms with Crippen LogP contribution in [-0.2, 0) is 23.1 Å². The third-order valence-corrected chi connectivity index (χ3v) is 3.19. The summed E-state index contributed by atoms with van der Waals surface area (Å²) >= 11 is 0. The normalized spacial score (nSPS) is 11.9. The average molecular weight is 259 g/mol. The molecule has 1 rings (SSSR count). The van der Waals surface area contributed by atoms with E-state index in [0.717, 1.165) is 26.1 Å². The van der Waals surface area contributed by atoms with E-state index in [1.54, 1.807) is 0 Å². The SMILES string of the molecule is CCn1cccc1CNCCCNS(C)(=O)=O. The van der Waals surface area contributed by atoms with Crippen molar-refractivity contribution in [3.63, 3.8) is 0 Å². The molecule has 17 heavy (non-hydrogen) atoms. The van der Waals surface area contributed by atoms with Gasteiger partial charge in [-0.25, -0.2) is 13.1 Å². The van der Waals surface area contributed by atoms with Crippen LogP contribution in [0.2, 0.25) is 0 Å². The summed E-state index contributed by atoms with van der Waals surface area (Å²) in [5.41, 5.74) is 1.25. The average Bonchev–Trinajstić information content (AvgIpc) is 2.69. The van der Waals surface area contributed by atoms with Crippen molar-refractivity contribution in [3.8, 4) is 0 Å². The maximum atomic E-state index is 10.8. The van der Waals surface area contributed by atoms with Gasteiger partial charge in [-0.05, 0) is 32.0 Å². The second-order valence-corrected chi connectivity index (χ2v) is 5.82. The first-order valence-electron chi connectivity index (χ1n) is 5.82. The summed E-state index contributed by atoms with van der Waals surface area (Å²) in [7, 11) is -3.05. The molecule has 0 aliphatic rings. The van der Waals surface area contributed by atoms with Crippen molar-refractivity contribution >= 4 is 10.0 Å². The Morgan fingerprint density at radius 2 is 2.12 bits per heavy atom. The van der Waals surface area contributed by atoms with Crippen LogP contribution in [0.25, 0.3) is 0 Å². The monoisotopic (exact) mass is 259 g/mol. The molecule has 1 heterocycles. The lowest BCUT2D eigenvalue weighted by molar-refractivity contribution is 0.574. The Hall–Kier alpha value is -0.850. The second-order valence-electron chi connectivity index (χ2n) is 3.98. The van der Waals surface area contributed by atoms with E-state index in [4.69, 9.17) is 0 Å². The van der Waals surface area contributed by atoms with Gasteiger partial charge in [0.05, 0.1) is 6.26 Å². The molecule has 0 unspecified atom stereocenters. The number of sulfonamides is 1. The Labute approximate surface area is 103 Å². The third-order valence-electron chi connectivity index (χ3n) is 2.46. The van der Waals surface area contributed by atoms with Crippen molar-refractivity contribution < 1.29 is 8.42 Å². The quantitative estimate of drug-likeness (QED) is 0.670. The summed E-state index contributed by atoms with van der Waals surface area (Å²) in [5.74, 6) is 0. The predicted octanol–water partition coefficient (Wildman–Crippen LogP) is 0.537. The van der Waals surface area contributed by atoms with Crippen LogP contribution in [0, 0.1) is 0 Å². The molecule has 5 nitrogen and oxygen atoms in total. The van der Waals surface area contributed by atoms with E-state index in [2.05, 4.69) is 33.8 Å². The third kappa shape index (κ3) is 5.86. The van der Waals surface area contributed by atoms with Crippen LogP contribution in [0.4, 0.5) is 0 Å². The van der Waals surface area contributed by atoms with E-state index in [9.17, 15) is 8.42 Å². The molecular formula is C11H21N3O2S. The van der Waals surface area contributed by atoms with Crippen LogP contribution in [0.15, 0.2) is 18.3 Å². The highest BCUT2D eigenvalue weighted by atomic mass is 32.2. The van der Waals surface area contributed by atoms with Crippen molar-refractivity contribution in [2.75, 3.05) is 19.3 Å². The standard InChI is InChI=1S/C11H21N3O2S/c1-3-14-9-4-6-11(14)10-12-7-5-8-13-17(2,15)16/h4,6,9,12-13H,3,5,7-8,10H2,1-2H3. The summed E-state index contributed by atoms with van der Waals surface area (Å²) in [6, 6.07) is 4.12. The zero-order valence-electron chi connectivity index (χ0n) is 10.4. The molecule has 0 bridgehead atoms.